The van der Waals surface area contributed by atoms with Gasteiger partial charge < -0.3 is 10.1 Å². The molecule has 0 radical (unpaired) electrons. The maximum Gasteiger partial charge on any atom is 0.279 e. The highest BCUT2D eigenvalue weighted by atomic mass is 35.5. The number of carbonyl (C=O) groups is 2. The zero-order valence-electron chi connectivity index (χ0n) is 13.6. The quantitative estimate of drug-likeness (QED) is 0.739. The van der Waals surface area contributed by atoms with E-state index in [0.29, 0.717) is 21.5 Å². The SMILES string of the molecule is COc1ccc(NC2=C(Cl)C(=O)N(Cc3ccc(Cl)cc3)C2=O)cc1Cl. The lowest BCUT2D eigenvalue weighted by molar-refractivity contribution is -0.138. The first-order valence-corrected chi connectivity index (χ1v) is 8.65. The van der Waals surface area contributed by atoms with E-state index < -0.39 is 11.8 Å². The topological polar surface area (TPSA) is 58.6 Å². The minimum Gasteiger partial charge on any atom is -0.495 e. The molecule has 0 atom stereocenters. The van der Waals surface area contributed by atoms with Gasteiger partial charge in [-0.1, -0.05) is 46.9 Å². The highest BCUT2D eigenvalue weighted by Crippen LogP contribution is 2.31. The second kappa shape index (κ2) is 7.58. The molecule has 5 nitrogen and oxygen atoms in total. The van der Waals surface area contributed by atoms with Crippen molar-refractivity contribution in [3.63, 3.8) is 0 Å². The Kier molecular flexibility index (Phi) is 5.41. The van der Waals surface area contributed by atoms with Gasteiger partial charge in [-0.2, -0.15) is 0 Å². The minimum atomic E-state index is -0.561. The number of halogens is 3. The lowest BCUT2D eigenvalue weighted by Crippen LogP contribution is -2.31. The molecule has 0 saturated heterocycles. The molecule has 0 aromatic heterocycles. The molecular formula is C18H13Cl3N2O3. The van der Waals surface area contributed by atoms with Crippen LogP contribution in [-0.2, 0) is 16.1 Å². The van der Waals surface area contributed by atoms with Crippen LogP contribution in [0.3, 0.4) is 0 Å². The number of carbonyl (C=O) groups excluding carboxylic acids is 2. The lowest BCUT2D eigenvalue weighted by atomic mass is 10.2. The van der Waals surface area contributed by atoms with Crippen LogP contribution in [-0.4, -0.2) is 23.8 Å². The number of rotatable bonds is 5. The molecule has 8 heteroatoms. The second-order valence-electron chi connectivity index (χ2n) is 5.49. The average Bonchev–Trinajstić information content (AvgIpc) is 2.82. The summed E-state index contributed by atoms with van der Waals surface area (Å²) in [5.74, 6) is -0.578. The van der Waals surface area contributed by atoms with Crippen molar-refractivity contribution in [2.24, 2.45) is 0 Å². The van der Waals surface area contributed by atoms with Gasteiger partial charge in [0.05, 0.1) is 18.7 Å². The van der Waals surface area contributed by atoms with E-state index in [1.165, 1.54) is 7.11 Å². The first-order valence-electron chi connectivity index (χ1n) is 7.51. The van der Waals surface area contributed by atoms with Crippen molar-refractivity contribution in [1.82, 2.24) is 4.90 Å². The molecule has 2 amide bonds. The number of ether oxygens (including phenoxy) is 1. The number of nitrogens with zero attached hydrogens (tertiary/aromatic N) is 1. The van der Waals surface area contributed by atoms with Crippen molar-refractivity contribution in [1.29, 1.82) is 0 Å². The van der Waals surface area contributed by atoms with Crippen molar-refractivity contribution in [3.8, 4) is 5.75 Å². The molecule has 1 N–H and O–H groups in total. The molecule has 0 fully saturated rings. The third kappa shape index (κ3) is 3.65. The Morgan fingerprint density at radius 1 is 1.00 bits per heavy atom. The number of amides is 2. The standard InChI is InChI=1S/C18H13Cl3N2O3/c1-26-14-7-6-12(8-13(14)20)22-16-15(21)17(24)23(18(16)25)9-10-2-4-11(19)5-3-10/h2-8,22H,9H2,1H3. The van der Waals surface area contributed by atoms with Gasteiger partial charge in [-0.3, -0.25) is 14.5 Å². The highest BCUT2D eigenvalue weighted by molar-refractivity contribution is 6.48. The van der Waals surface area contributed by atoms with E-state index in [-0.39, 0.29) is 17.3 Å². The summed E-state index contributed by atoms with van der Waals surface area (Å²) >= 11 is 18.0. The number of imide groups is 1. The van der Waals surface area contributed by atoms with E-state index in [0.717, 1.165) is 10.5 Å². The third-order valence-electron chi connectivity index (χ3n) is 3.79. The van der Waals surface area contributed by atoms with Crippen molar-refractivity contribution >= 4 is 52.3 Å². The number of hydrogen-bond acceptors (Lipinski definition) is 4. The Bertz CT molecular complexity index is 910. The van der Waals surface area contributed by atoms with Crippen LogP contribution in [0.4, 0.5) is 5.69 Å². The predicted molar refractivity (Wildman–Crippen MR) is 102 cm³/mol. The predicted octanol–water partition coefficient (Wildman–Crippen LogP) is 4.43. The van der Waals surface area contributed by atoms with Crippen LogP contribution < -0.4 is 10.1 Å². The van der Waals surface area contributed by atoms with Crippen LogP contribution in [0, 0.1) is 0 Å². The van der Waals surface area contributed by atoms with Gasteiger partial charge >= 0.3 is 0 Å². The molecule has 3 rings (SSSR count). The molecule has 0 aliphatic carbocycles. The number of benzene rings is 2. The van der Waals surface area contributed by atoms with Gasteiger partial charge in [-0.05, 0) is 35.9 Å². The van der Waals surface area contributed by atoms with Crippen LogP contribution in [0.5, 0.6) is 5.75 Å². The Morgan fingerprint density at radius 2 is 1.69 bits per heavy atom. The van der Waals surface area contributed by atoms with Crippen LogP contribution in [0.2, 0.25) is 10.0 Å². The molecule has 0 unspecified atom stereocenters. The fraction of sp³-hybridized carbons (Fsp3) is 0.111. The maximum absolute atomic E-state index is 12.6. The minimum absolute atomic E-state index is 0.00636. The zero-order valence-corrected chi connectivity index (χ0v) is 15.8. The summed E-state index contributed by atoms with van der Waals surface area (Å²) in [6, 6.07) is 11.8. The first-order chi connectivity index (χ1) is 12.4. The van der Waals surface area contributed by atoms with E-state index in [1.807, 2.05) is 0 Å². The zero-order chi connectivity index (χ0) is 18.8. The van der Waals surface area contributed by atoms with Gasteiger partial charge in [-0.15, -0.1) is 0 Å². The number of methoxy groups -OCH3 is 1. The summed E-state index contributed by atoms with van der Waals surface area (Å²) in [7, 11) is 1.50. The molecule has 2 aromatic rings. The van der Waals surface area contributed by atoms with Gasteiger partial charge in [0, 0.05) is 10.7 Å². The van der Waals surface area contributed by atoms with Crippen molar-refractivity contribution in [2.75, 3.05) is 12.4 Å². The average molecular weight is 412 g/mol. The van der Waals surface area contributed by atoms with E-state index in [2.05, 4.69) is 5.32 Å². The van der Waals surface area contributed by atoms with Crippen LogP contribution in [0.1, 0.15) is 5.56 Å². The number of nitrogens with one attached hydrogen (secondary N) is 1. The molecule has 1 aliphatic heterocycles. The fourth-order valence-electron chi connectivity index (χ4n) is 2.46. The van der Waals surface area contributed by atoms with Crippen LogP contribution >= 0.6 is 34.8 Å². The lowest BCUT2D eigenvalue weighted by Gasteiger charge is -2.15. The van der Waals surface area contributed by atoms with Crippen LogP contribution in [0.25, 0.3) is 0 Å². The summed E-state index contributed by atoms with van der Waals surface area (Å²) in [5, 5.41) is 3.63. The van der Waals surface area contributed by atoms with Gasteiger partial charge in [-0.25, -0.2) is 0 Å². The highest BCUT2D eigenvalue weighted by Gasteiger charge is 2.37. The maximum atomic E-state index is 12.6. The monoisotopic (exact) mass is 410 g/mol. The Morgan fingerprint density at radius 3 is 2.31 bits per heavy atom. The third-order valence-corrected chi connectivity index (χ3v) is 4.68. The van der Waals surface area contributed by atoms with Crippen LogP contribution in [0.15, 0.2) is 53.2 Å². The van der Waals surface area contributed by atoms with Crippen molar-refractivity contribution < 1.29 is 14.3 Å². The summed E-state index contributed by atoms with van der Waals surface area (Å²) in [6.07, 6.45) is 0. The summed E-state index contributed by atoms with van der Waals surface area (Å²) in [6.45, 7) is 0.0968. The molecule has 0 spiro atoms. The van der Waals surface area contributed by atoms with Gasteiger partial charge in [0.15, 0.2) is 0 Å². The van der Waals surface area contributed by atoms with Gasteiger partial charge in [0.25, 0.3) is 11.8 Å². The Balaban J connectivity index is 1.80. The van der Waals surface area contributed by atoms with E-state index >= 15 is 0 Å². The fourth-order valence-corrected chi connectivity index (χ4v) is 3.07. The Hall–Kier alpha value is -2.21. The molecule has 26 heavy (non-hydrogen) atoms. The molecule has 1 aliphatic rings. The van der Waals surface area contributed by atoms with E-state index in [1.54, 1.807) is 42.5 Å². The normalized spacial score (nSPS) is 14.2. The van der Waals surface area contributed by atoms with Gasteiger partial charge in [0.1, 0.15) is 16.5 Å². The second-order valence-corrected chi connectivity index (χ2v) is 6.71. The summed E-state index contributed by atoms with van der Waals surface area (Å²) in [5.41, 5.74) is 1.28. The summed E-state index contributed by atoms with van der Waals surface area (Å²) in [4.78, 5) is 26.1. The number of hydrogen-bond donors (Lipinski definition) is 1. The van der Waals surface area contributed by atoms with Gasteiger partial charge in [0.2, 0.25) is 0 Å². The summed E-state index contributed by atoms with van der Waals surface area (Å²) < 4.78 is 5.08. The molecule has 1 heterocycles. The van der Waals surface area contributed by atoms with Crippen molar-refractivity contribution in [2.45, 2.75) is 6.54 Å². The number of anilines is 1. The molecule has 134 valence electrons. The Labute approximate surface area is 165 Å². The van der Waals surface area contributed by atoms with Crippen molar-refractivity contribution in [3.05, 3.63) is 68.8 Å². The molecule has 0 saturated carbocycles. The molecule has 0 bridgehead atoms. The van der Waals surface area contributed by atoms with E-state index in [9.17, 15) is 9.59 Å². The smallest absolute Gasteiger partial charge is 0.279 e. The molecule has 2 aromatic carbocycles. The van der Waals surface area contributed by atoms with E-state index in [4.69, 9.17) is 39.5 Å². The first kappa shape index (κ1) is 18.6. The molecular weight excluding hydrogens is 399 g/mol. The largest absolute Gasteiger partial charge is 0.495 e.